The molecule has 0 aliphatic heterocycles. The number of halogens is 2. The largest absolute Gasteiger partial charge is 0.352 e. The van der Waals surface area contributed by atoms with Crippen LogP contribution in [0.4, 0.5) is 17.3 Å². The number of benzene rings is 3. The van der Waals surface area contributed by atoms with Crippen molar-refractivity contribution in [2.24, 2.45) is 5.41 Å². The topological polar surface area (TPSA) is 98.9 Å². The number of amides is 2. The van der Waals surface area contributed by atoms with Crippen molar-refractivity contribution in [2.45, 2.75) is 46.6 Å². The van der Waals surface area contributed by atoms with Crippen LogP contribution >= 0.6 is 27.5 Å². The number of hydrogen-bond acceptors (Lipinski definition) is 4. The minimum absolute atomic E-state index is 0.0757. The minimum atomic E-state index is -0.338. The van der Waals surface area contributed by atoms with Crippen molar-refractivity contribution in [2.75, 3.05) is 10.6 Å². The second-order valence-corrected chi connectivity index (χ2v) is 10.6. The third-order valence-electron chi connectivity index (χ3n) is 7.10. The molecular formula is C29H31BrClN5O2. The monoisotopic (exact) mass is 595 g/mol. The first-order chi connectivity index (χ1) is 18.3. The summed E-state index contributed by atoms with van der Waals surface area (Å²) < 4.78 is 0.941. The van der Waals surface area contributed by atoms with Crippen molar-refractivity contribution in [3.8, 4) is 0 Å². The maximum atomic E-state index is 12.9. The number of rotatable bonds is 10. The third kappa shape index (κ3) is 6.19. The molecule has 1 heterocycles. The molecule has 1 aromatic heterocycles. The predicted molar refractivity (Wildman–Crippen MR) is 158 cm³/mol. The molecule has 0 fully saturated rings. The minimum Gasteiger partial charge on any atom is -0.352 e. The Labute approximate surface area is 235 Å². The number of imidazole rings is 1. The lowest BCUT2D eigenvalue weighted by Gasteiger charge is -2.28. The van der Waals surface area contributed by atoms with Gasteiger partial charge in [-0.3, -0.25) is 9.59 Å². The Morgan fingerprint density at radius 3 is 2.37 bits per heavy atom. The SMILES string of the molecule is CCC(CC)(CC)C(=O)NCc1ccc(Cl)c(Nc2nc3ccc(C(=O)Nc4ccc(Br)cc4)cc3[nH]2)c1. The maximum Gasteiger partial charge on any atom is 0.255 e. The molecule has 7 nitrogen and oxygen atoms in total. The van der Waals surface area contributed by atoms with Crippen molar-refractivity contribution in [1.29, 1.82) is 0 Å². The van der Waals surface area contributed by atoms with E-state index in [-0.39, 0.29) is 17.2 Å². The normalized spacial score (nSPS) is 11.4. The number of aromatic amines is 1. The van der Waals surface area contributed by atoms with Crippen molar-refractivity contribution in [3.63, 3.8) is 0 Å². The van der Waals surface area contributed by atoms with Crippen LogP contribution in [-0.2, 0) is 11.3 Å². The molecule has 4 aromatic rings. The fourth-order valence-electron chi connectivity index (χ4n) is 4.45. The molecule has 0 saturated heterocycles. The van der Waals surface area contributed by atoms with Crippen LogP contribution in [0, 0.1) is 5.41 Å². The van der Waals surface area contributed by atoms with Gasteiger partial charge in [0.2, 0.25) is 11.9 Å². The molecule has 198 valence electrons. The van der Waals surface area contributed by atoms with E-state index >= 15 is 0 Å². The predicted octanol–water partition coefficient (Wildman–Crippen LogP) is 7.81. The van der Waals surface area contributed by atoms with Gasteiger partial charge in [-0.15, -0.1) is 0 Å². The molecule has 0 atom stereocenters. The second-order valence-electron chi connectivity index (χ2n) is 9.24. The Morgan fingerprint density at radius 2 is 1.68 bits per heavy atom. The van der Waals surface area contributed by atoms with E-state index in [4.69, 9.17) is 11.6 Å². The van der Waals surface area contributed by atoms with Gasteiger partial charge in [-0.2, -0.15) is 0 Å². The van der Waals surface area contributed by atoms with Gasteiger partial charge in [0.05, 0.1) is 21.7 Å². The molecule has 0 unspecified atom stereocenters. The van der Waals surface area contributed by atoms with Crippen LogP contribution in [-0.4, -0.2) is 21.8 Å². The van der Waals surface area contributed by atoms with E-state index in [2.05, 4.69) is 62.6 Å². The Balaban J connectivity index is 1.46. The molecular weight excluding hydrogens is 566 g/mol. The lowest BCUT2D eigenvalue weighted by molar-refractivity contribution is -0.132. The Kier molecular flexibility index (Phi) is 8.74. The number of fused-ring (bicyclic) bond motifs is 1. The number of nitrogens with one attached hydrogen (secondary N) is 4. The van der Waals surface area contributed by atoms with E-state index in [1.54, 1.807) is 24.3 Å². The number of nitrogens with zero attached hydrogens (tertiary/aromatic N) is 1. The molecule has 38 heavy (non-hydrogen) atoms. The summed E-state index contributed by atoms with van der Waals surface area (Å²) in [6.07, 6.45) is 2.41. The van der Waals surface area contributed by atoms with E-state index in [1.807, 2.05) is 36.4 Å². The number of aromatic nitrogens is 2. The van der Waals surface area contributed by atoms with Crippen LogP contribution in [0.25, 0.3) is 11.0 Å². The molecule has 4 N–H and O–H groups in total. The molecule has 4 rings (SSSR count). The van der Waals surface area contributed by atoms with Crippen LogP contribution in [0.15, 0.2) is 65.1 Å². The number of anilines is 3. The molecule has 3 aromatic carbocycles. The highest BCUT2D eigenvalue weighted by molar-refractivity contribution is 9.10. The summed E-state index contributed by atoms with van der Waals surface area (Å²) in [7, 11) is 0. The van der Waals surface area contributed by atoms with Crippen LogP contribution in [0.3, 0.4) is 0 Å². The number of carbonyl (C=O) groups excluding carboxylic acids is 2. The van der Waals surface area contributed by atoms with E-state index in [9.17, 15) is 9.59 Å². The van der Waals surface area contributed by atoms with E-state index < -0.39 is 0 Å². The van der Waals surface area contributed by atoms with Gasteiger partial charge >= 0.3 is 0 Å². The third-order valence-corrected chi connectivity index (χ3v) is 7.95. The number of H-pyrrole nitrogens is 1. The first kappa shape index (κ1) is 27.7. The highest BCUT2D eigenvalue weighted by Crippen LogP contribution is 2.31. The van der Waals surface area contributed by atoms with Gasteiger partial charge in [-0.05, 0) is 79.4 Å². The molecule has 0 aliphatic carbocycles. The van der Waals surface area contributed by atoms with Crippen molar-refractivity contribution >= 4 is 67.7 Å². The Morgan fingerprint density at radius 1 is 0.974 bits per heavy atom. The summed E-state index contributed by atoms with van der Waals surface area (Å²) >= 11 is 9.85. The van der Waals surface area contributed by atoms with Crippen LogP contribution < -0.4 is 16.0 Å². The first-order valence-electron chi connectivity index (χ1n) is 12.7. The average Bonchev–Trinajstić information content (AvgIpc) is 3.33. The molecule has 2 amide bonds. The van der Waals surface area contributed by atoms with Crippen LogP contribution in [0.1, 0.15) is 56.0 Å². The van der Waals surface area contributed by atoms with E-state index in [0.29, 0.717) is 45.5 Å². The summed E-state index contributed by atoms with van der Waals surface area (Å²) in [5.41, 5.74) is 3.89. The van der Waals surface area contributed by atoms with Gasteiger partial charge in [-0.1, -0.05) is 54.4 Å². The lowest BCUT2D eigenvalue weighted by atomic mass is 9.79. The fraction of sp³-hybridized carbons (Fsp3) is 0.276. The van der Waals surface area contributed by atoms with Crippen molar-refractivity contribution < 1.29 is 9.59 Å². The molecule has 0 bridgehead atoms. The van der Waals surface area contributed by atoms with E-state index in [0.717, 1.165) is 29.3 Å². The molecule has 0 saturated carbocycles. The first-order valence-corrected chi connectivity index (χ1v) is 13.8. The molecule has 0 radical (unpaired) electrons. The average molecular weight is 597 g/mol. The van der Waals surface area contributed by atoms with Gasteiger partial charge in [0.25, 0.3) is 5.91 Å². The highest BCUT2D eigenvalue weighted by Gasteiger charge is 2.32. The Bertz CT molecular complexity index is 1440. The summed E-state index contributed by atoms with van der Waals surface area (Å²) in [6, 6.07) is 18.3. The zero-order chi connectivity index (χ0) is 27.3. The fourth-order valence-corrected chi connectivity index (χ4v) is 4.88. The number of carbonyl (C=O) groups is 2. The molecule has 0 aliphatic rings. The standard InChI is InChI=1S/C29H31BrClN5O2/c1-4-29(5-2,6-3)27(38)32-17-18-7-13-22(31)24(15-18)35-28-34-23-14-8-19(16-25(23)36-28)26(37)33-21-11-9-20(30)10-12-21/h7-16H,4-6,17H2,1-3H3,(H,32,38)(H,33,37)(H2,34,35,36). The van der Waals surface area contributed by atoms with Crippen molar-refractivity contribution in [1.82, 2.24) is 15.3 Å². The second kappa shape index (κ2) is 12.0. The van der Waals surface area contributed by atoms with Crippen LogP contribution in [0.5, 0.6) is 0 Å². The zero-order valence-corrected chi connectivity index (χ0v) is 24.0. The van der Waals surface area contributed by atoms with Gasteiger partial charge in [0.1, 0.15) is 0 Å². The van der Waals surface area contributed by atoms with Gasteiger partial charge in [-0.25, -0.2) is 4.98 Å². The summed E-state index contributed by atoms with van der Waals surface area (Å²) in [4.78, 5) is 33.4. The summed E-state index contributed by atoms with van der Waals surface area (Å²) in [6.45, 7) is 6.58. The van der Waals surface area contributed by atoms with Gasteiger partial charge in [0, 0.05) is 27.7 Å². The van der Waals surface area contributed by atoms with Crippen LogP contribution in [0.2, 0.25) is 5.02 Å². The molecule has 9 heteroatoms. The highest BCUT2D eigenvalue weighted by atomic mass is 79.9. The summed E-state index contributed by atoms with van der Waals surface area (Å²) in [5, 5.41) is 9.74. The van der Waals surface area contributed by atoms with E-state index in [1.165, 1.54) is 0 Å². The summed E-state index contributed by atoms with van der Waals surface area (Å²) in [5.74, 6) is 0.358. The number of hydrogen-bond donors (Lipinski definition) is 4. The van der Waals surface area contributed by atoms with Crippen molar-refractivity contribution in [3.05, 3.63) is 81.3 Å². The quantitative estimate of drug-likeness (QED) is 0.150. The zero-order valence-electron chi connectivity index (χ0n) is 21.6. The maximum absolute atomic E-state index is 12.9. The Hall–Kier alpha value is -3.36. The smallest absolute Gasteiger partial charge is 0.255 e. The van der Waals surface area contributed by atoms with Gasteiger partial charge in [0.15, 0.2) is 0 Å². The molecule has 0 spiro atoms. The lowest BCUT2D eigenvalue weighted by Crippen LogP contribution is -2.39. The van der Waals surface area contributed by atoms with Gasteiger partial charge < -0.3 is 20.9 Å².